The van der Waals surface area contributed by atoms with Crippen LogP contribution in [0.15, 0.2) is 36.7 Å². The zero-order valence-electron chi connectivity index (χ0n) is 15.5. The van der Waals surface area contributed by atoms with Gasteiger partial charge in [0.1, 0.15) is 0 Å². The lowest BCUT2D eigenvalue weighted by atomic mass is 9.72. The molecule has 2 aromatic rings. The number of hydrogen-bond acceptors (Lipinski definition) is 3. The van der Waals surface area contributed by atoms with Gasteiger partial charge in [0, 0.05) is 37.7 Å². The molecule has 0 N–H and O–H groups in total. The van der Waals surface area contributed by atoms with Gasteiger partial charge in [-0.3, -0.25) is 14.9 Å². The number of nitrogens with zero attached hydrogens (tertiary/aromatic N) is 3. The van der Waals surface area contributed by atoms with Crippen LogP contribution in [0.4, 0.5) is 0 Å². The van der Waals surface area contributed by atoms with Crippen molar-refractivity contribution in [3.8, 4) is 0 Å². The summed E-state index contributed by atoms with van der Waals surface area (Å²) in [6.45, 7) is 7.78. The summed E-state index contributed by atoms with van der Waals surface area (Å²) in [6, 6.07) is 8.64. The zero-order valence-corrected chi connectivity index (χ0v) is 15.5. The molecule has 132 valence electrons. The molecule has 2 fully saturated rings. The Morgan fingerprint density at radius 3 is 2.80 bits per heavy atom. The van der Waals surface area contributed by atoms with Crippen LogP contribution in [-0.4, -0.2) is 28.0 Å². The highest BCUT2D eigenvalue weighted by Gasteiger charge is 2.40. The minimum atomic E-state index is 0.795. The van der Waals surface area contributed by atoms with E-state index in [0.717, 1.165) is 30.7 Å². The van der Waals surface area contributed by atoms with Crippen LogP contribution < -0.4 is 0 Å². The quantitative estimate of drug-likeness (QED) is 0.839. The van der Waals surface area contributed by atoms with Gasteiger partial charge in [0.2, 0.25) is 0 Å². The summed E-state index contributed by atoms with van der Waals surface area (Å²) in [7, 11) is 0. The molecule has 3 atom stereocenters. The Bertz CT molecular complexity index is 709. The van der Waals surface area contributed by atoms with Crippen molar-refractivity contribution in [1.82, 2.24) is 14.9 Å². The van der Waals surface area contributed by atoms with E-state index >= 15 is 0 Å². The maximum atomic E-state index is 4.66. The second kappa shape index (κ2) is 7.25. The summed E-state index contributed by atoms with van der Waals surface area (Å²) < 4.78 is 0. The van der Waals surface area contributed by atoms with Crippen LogP contribution in [0, 0.1) is 31.6 Å². The average molecular weight is 335 g/mol. The molecule has 1 saturated heterocycles. The maximum absolute atomic E-state index is 4.66. The second-order valence-corrected chi connectivity index (χ2v) is 8.11. The highest BCUT2D eigenvalue weighted by atomic mass is 15.2. The van der Waals surface area contributed by atoms with Crippen molar-refractivity contribution in [3.05, 3.63) is 59.2 Å². The van der Waals surface area contributed by atoms with Gasteiger partial charge in [-0.2, -0.15) is 0 Å². The summed E-state index contributed by atoms with van der Waals surface area (Å²) in [5.74, 6) is 2.50. The Kier molecular flexibility index (Phi) is 4.85. The van der Waals surface area contributed by atoms with Gasteiger partial charge in [-0.15, -0.1) is 0 Å². The van der Waals surface area contributed by atoms with Crippen molar-refractivity contribution in [2.24, 2.45) is 17.8 Å². The predicted octanol–water partition coefficient (Wildman–Crippen LogP) is 4.18. The summed E-state index contributed by atoms with van der Waals surface area (Å²) >= 11 is 0. The van der Waals surface area contributed by atoms with Crippen LogP contribution in [0.25, 0.3) is 0 Å². The monoisotopic (exact) mass is 335 g/mol. The Hall–Kier alpha value is -1.74. The van der Waals surface area contributed by atoms with E-state index in [1.807, 2.05) is 18.5 Å². The Balaban J connectivity index is 1.43. The SMILES string of the molecule is Cc1ccc(C[C@H]2CCC[C@@H]3CN(Cc4ncccc4C)C[C@H]23)nc1. The average Bonchev–Trinajstić information content (AvgIpc) is 3.03. The Morgan fingerprint density at radius 1 is 1.08 bits per heavy atom. The molecule has 3 nitrogen and oxygen atoms in total. The molecule has 25 heavy (non-hydrogen) atoms. The molecule has 1 aliphatic heterocycles. The van der Waals surface area contributed by atoms with Gasteiger partial charge in [-0.1, -0.05) is 18.6 Å². The van der Waals surface area contributed by atoms with Crippen molar-refractivity contribution < 1.29 is 0 Å². The van der Waals surface area contributed by atoms with Crippen molar-refractivity contribution in [2.75, 3.05) is 13.1 Å². The molecular formula is C22H29N3. The third-order valence-electron chi connectivity index (χ3n) is 6.26. The summed E-state index contributed by atoms with van der Waals surface area (Å²) in [5.41, 5.74) is 5.09. The van der Waals surface area contributed by atoms with Crippen LogP contribution in [0.2, 0.25) is 0 Å². The summed E-state index contributed by atoms with van der Waals surface area (Å²) in [4.78, 5) is 11.9. The lowest BCUT2D eigenvalue weighted by molar-refractivity contribution is 0.195. The van der Waals surface area contributed by atoms with Gasteiger partial charge < -0.3 is 0 Å². The number of fused-ring (bicyclic) bond motifs is 1. The van der Waals surface area contributed by atoms with Crippen LogP contribution in [-0.2, 0) is 13.0 Å². The van der Waals surface area contributed by atoms with Crippen molar-refractivity contribution >= 4 is 0 Å². The molecule has 3 heterocycles. The smallest absolute Gasteiger partial charge is 0.0573 e. The first kappa shape index (κ1) is 16.7. The topological polar surface area (TPSA) is 29.0 Å². The highest BCUT2D eigenvalue weighted by molar-refractivity contribution is 5.18. The van der Waals surface area contributed by atoms with Crippen molar-refractivity contribution in [1.29, 1.82) is 0 Å². The van der Waals surface area contributed by atoms with Crippen molar-refractivity contribution in [2.45, 2.75) is 46.1 Å². The largest absolute Gasteiger partial charge is 0.297 e. The number of hydrogen-bond donors (Lipinski definition) is 0. The lowest BCUT2D eigenvalue weighted by Crippen LogP contribution is -2.29. The predicted molar refractivity (Wildman–Crippen MR) is 101 cm³/mol. The van der Waals surface area contributed by atoms with E-state index < -0.39 is 0 Å². The fourth-order valence-corrected chi connectivity index (χ4v) is 4.85. The van der Waals surface area contributed by atoms with Crippen molar-refractivity contribution in [3.63, 3.8) is 0 Å². The third-order valence-corrected chi connectivity index (χ3v) is 6.26. The third kappa shape index (κ3) is 3.77. The normalized spacial score (nSPS) is 26.6. The van der Waals surface area contributed by atoms with E-state index in [-0.39, 0.29) is 0 Å². The standard InChI is InChI=1S/C22H29N3/c1-16-8-9-20(24-12-16)11-18-6-3-7-19-13-25(14-21(18)19)15-22-17(2)5-4-10-23-22/h4-5,8-10,12,18-19,21H,3,6-7,11,13-15H2,1-2H3/t18-,19-,21-/m1/s1. The molecule has 0 spiro atoms. The molecule has 0 amide bonds. The number of likely N-dealkylation sites (tertiary alicyclic amines) is 1. The highest BCUT2D eigenvalue weighted by Crippen LogP contribution is 2.41. The first-order valence-corrected chi connectivity index (χ1v) is 9.73. The molecule has 2 aliphatic rings. The molecule has 0 radical (unpaired) electrons. The fourth-order valence-electron chi connectivity index (χ4n) is 4.85. The van der Waals surface area contributed by atoms with Gasteiger partial charge in [-0.05, 0) is 74.1 Å². The van der Waals surface area contributed by atoms with Crippen LogP contribution in [0.3, 0.4) is 0 Å². The van der Waals surface area contributed by atoms with E-state index in [9.17, 15) is 0 Å². The molecule has 0 bridgehead atoms. The summed E-state index contributed by atoms with van der Waals surface area (Å²) in [6.07, 6.45) is 9.25. The van der Waals surface area contributed by atoms with Gasteiger partial charge in [0.25, 0.3) is 0 Å². The summed E-state index contributed by atoms with van der Waals surface area (Å²) in [5, 5.41) is 0. The van der Waals surface area contributed by atoms with E-state index in [1.54, 1.807) is 0 Å². The van der Waals surface area contributed by atoms with E-state index in [1.165, 1.54) is 54.9 Å². The van der Waals surface area contributed by atoms with Crippen LogP contribution in [0.5, 0.6) is 0 Å². The van der Waals surface area contributed by atoms with E-state index in [2.05, 4.69) is 46.9 Å². The molecule has 1 saturated carbocycles. The number of aryl methyl sites for hydroxylation is 2. The van der Waals surface area contributed by atoms with Gasteiger partial charge in [0.05, 0.1) is 5.69 Å². The first-order chi connectivity index (χ1) is 12.2. The van der Waals surface area contributed by atoms with E-state index in [0.29, 0.717) is 0 Å². The second-order valence-electron chi connectivity index (χ2n) is 8.11. The molecule has 2 aromatic heterocycles. The molecule has 1 aliphatic carbocycles. The zero-order chi connectivity index (χ0) is 17.2. The number of pyridine rings is 2. The molecule has 0 unspecified atom stereocenters. The Morgan fingerprint density at radius 2 is 2.00 bits per heavy atom. The molecule has 3 heteroatoms. The van der Waals surface area contributed by atoms with Crippen LogP contribution >= 0.6 is 0 Å². The molecular weight excluding hydrogens is 306 g/mol. The number of aromatic nitrogens is 2. The van der Waals surface area contributed by atoms with Gasteiger partial charge >= 0.3 is 0 Å². The number of rotatable bonds is 4. The molecule has 0 aromatic carbocycles. The van der Waals surface area contributed by atoms with Crippen LogP contribution in [0.1, 0.15) is 41.8 Å². The van der Waals surface area contributed by atoms with Gasteiger partial charge in [-0.25, -0.2) is 0 Å². The fraction of sp³-hybridized carbons (Fsp3) is 0.545. The van der Waals surface area contributed by atoms with E-state index in [4.69, 9.17) is 0 Å². The minimum Gasteiger partial charge on any atom is -0.297 e. The molecule has 4 rings (SSSR count). The van der Waals surface area contributed by atoms with Gasteiger partial charge in [0.15, 0.2) is 0 Å². The maximum Gasteiger partial charge on any atom is 0.0573 e. The Labute approximate surface area is 151 Å². The first-order valence-electron chi connectivity index (χ1n) is 9.73. The lowest BCUT2D eigenvalue weighted by Gasteiger charge is -2.33. The minimum absolute atomic E-state index is 0.795.